The van der Waals surface area contributed by atoms with Crippen molar-refractivity contribution in [3.63, 3.8) is 0 Å². The Bertz CT molecular complexity index is 543. The number of azo groups is 1. The number of hydrogen-bond donors (Lipinski definition) is 0. The van der Waals surface area contributed by atoms with Gasteiger partial charge in [0.1, 0.15) is 0 Å². The van der Waals surface area contributed by atoms with Crippen molar-refractivity contribution in [1.82, 2.24) is 0 Å². The van der Waals surface area contributed by atoms with Crippen LogP contribution < -0.4 is 0 Å². The lowest BCUT2D eigenvalue weighted by molar-refractivity contribution is -0.565. The summed E-state index contributed by atoms with van der Waals surface area (Å²) in [6, 6.07) is 17.4. The molecule has 19 heavy (non-hydrogen) atoms. The van der Waals surface area contributed by atoms with Crippen LogP contribution in [0.1, 0.15) is 11.1 Å². The van der Waals surface area contributed by atoms with Gasteiger partial charge < -0.3 is 0 Å². The van der Waals surface area contributed by atoms with Gasteiger partial charge in [0.25, 0.3) is 0 Å². The van der Waals surface area contributed by atoms with Gasteiger partial charge in [-0.2, -0.15) is 5.11 Å². The Morgan fingerprint density at radius 1 is 0.947 bits per heavy atom. The maximum absolute atomic E-state index is 11.7. The quantitative estimate of drug-likeness (QED) is 0.478. The first-order valence-corrected chi connectivity index (χ1v) is 5.78. The summed E-state index contributed by atoms with van der Waals surface area (Å²) in [7, 11) is 1.43. The van der Waals surface area contributed by atoms with E-state index in [4.69, 9.17) is 0 Å². The molecule has 0 amide bonds. The molecule has 2 aromatic rings. The van der Waals surface area contributed by atoms with Gasteiger partial charge in [0.15, 0.2) is 0 Å². The summed E-state index contributed by atoms with van der Waals surface area (Å²) in [5.74, 6) is 0. The van der Waals surface area contributed by atoms with Gasteiger partial charge in [-0.05, 0) is 24.3 Å². The van der Waals surface area contributed by atoms with Crippen LogP contribution in [0.25, 0.3) is 0 Å². The van der Waals surface area contributed by atoms with Crippen LogP contribution in [0.3, 0.4) is 0 Å². The van der Waals surface area contributed by atoms with Crippen molar-refractivity contribution in [3.8, 4) is 0 Å². The van der Waals surface area contributed by atoms with E-state index in [1.54, 1.807) is 48.5 Å². The van der Waals surface area contributed by atoms with Crippen molar-refractivity contribution in [3.05, 3.63) is 81.9 Å². The van der Waals surface area contributed by atoms with Gasteiger partial charge in [-0.15, -0.1) is 5.11 Å². The molecular weight excluding hydrogens is 242 g/mol. The molecule has 0 N–H and O–H groups in total. The summed E-state index contributed by atoms with van der Waals surface area (Å²) >= 11 is 0. The largest absolute Gasteiger partial charge is 0.381 e. The topological polar surface area (TPSA) is 67.9 Å². The zero-order chi connectivity index (χ0) is 13.7. The first-order valence-electron chi connectivity index (χ1n) is 5.78. The fraction of sp³-hybridized carbons (Fsp3) is 0.143. The van der Waals surface area contributed by atoms with Crippen molar-refractivity contribution in [1.29, 1.82) is 0 Å². The van der Waals surface area contributed by atoms with Crippen LogP contribution in [0.2, 0.25) is 0 Å². The van der Waals surface area contributed by atoms with Gasteiger partial charge in [-0.3, -0.25) is 10.1 Å². The summed E-state index contributed by atoms with van der Waals surface area (Å²) in [6.45, 7) is 0. The Morgan fingerprint density at radius 3 is 1.68 bits per heavy atom. The lowest BCUT2D eigenvalue weighted by Gasteiger charge is -2.20. The van der Waals surface area contributed by atoms with E-state index in [2.05, 4.69) is 10.2 Å². The summed E-state index contributed by atoms with van der Waals surface area (Å²) in [5.41, 5.74) is -0.717. The molecule has 0 spiro atoms. The van der Waals surface area contributed by atoms with Gasteiger partial charge in [-0.25, -0.2) is 0 Å². The number of hydrogen-bond acceptors (Lipinski definition) is 4. The van der Waals surface area contributed by atoms with Gasteiger partial charge in [-0.1, -0.05) is 36.4 Å². The minimum absolute atomic E-state index is 0.412. The second-order valence-electron chi connectivity index (χ2n) is 3.96. The molecule has 0 saturated carbocycles. The highest BCUT2D eigenvalue weighted by atomic mass is 16.6. The number of nitro groups is 1. The zero-order valence-corrected chi connectivity index (χ0v) is 10.4. The molecule has 0 aliphatic carbocycles. The van der Waals surface area contributed by atoms with E-state index in [-0.39, 0.29) is 0 Å². The summed E-state index contributed by atoms with van der Waals surface area (Å²) in [5, 5.41) is 19.3. The highest BCUT2D eigenvalue weighted by Crippen LogP contribution is 2.34. The molecule has 0 atom stereocenters. The molecule has 5 heteroatoms. The van der Waals surface area contributed by atoms with Crippen molar-refractivity contribution in [2.75, 3.05) is 7.05 Å². The minimum Gasteiger partial charge on any atom is -0.261 e. The molecule has 0 aromatic heterocycles. The molecule has 96 valence electrons. The number of nitrogens with zero attached hydrogens (tertiary/aromatic N) is 3. The van der Waals surface area contributed by atoms with Crippen LogP contribution >= 0.6 is 0 Å². The van der Waals surface area contributed by atoms with Crippen LogP contribution in [0.15, 0.2) is 70.9 Å². The first-order chi connectivity index (χ1) is 9.21. The lowest BCUT2D eigenvalue weighted by atomic mass is 9.92. The second kappa shape index (κ2) is 5.39. The maximum atomic E-state index is 11.7. The zero-order valence-electron chi connectivity index (χ0n) is 10.4. The minimum atomic E-state index is -1.68. The highest BCUT2D eigenvalue weighted by Gasteiger charge is 2.47. The molecule has 0 saturated heterocycles. The molecule has 0 aliphatic rings. The molecule has 2 aromatic carbocycles. The van der Waals surface area contributed by atoms with Gasteiger partial charge in [0.2, 0.25) is 0 Å². The smallest absolute Gasteiger partial charge is 0.261 e. The van der Waals surface area contributed by atoms with Gasteiger partial charge >= 0.3 is 5.66 Å². The normalized spacial score (nSPS) is 11.6. The maximum Gasteiger partial charge on any atom is 0.381 e. The average molecular weight is 255 g/mol. The monoisotopic (exact) mass is 255 g/mol. The highest BCUT2D eigenvalue weighted by molar-refractivity contribution is 5.35. The third kappa shape index (κ3) is 2.22. The van der Waals surface area contributed by atoms with Crippen LogP contribution in [0.5, 0.6) is 0 Å². The fourth-order valence-corrected chi connectivity index (χ4v) is 2.02. The van der Waals surface area contributed by atoms with Crippen LogP contribution in [0, 0.1) is 10.1 Å². The summed E-state index contributed by atoms with van der Waals surface area (Å²) < 4.78 is 0. The predicted octanol–water partition coefficient (Wildman–Crippen LogP) is 3.25. The second-order valence-corrected chi connectivity index (χ2v) is 3.96. The number of benzene rings is 2. The molecule has 0 aliphatic heterocycles. The van der Waals surface area contributed by atoms with E-state index < -0.39 is 10.6 Å². The molecule has 0 unspecified atom stereocenters. The summed E-state index contributed by atoms with van der Waals surface area (Å²) in [4.78, 5) is 11.3. The van der Waals surface area contributed by atoms with E-state index >= 15 is 0 Å². The molecule has 0 heterocycles. The van der Waals surface area contributed by atoms with Crippen molar-refractivity contribution in [2.45, 2.75) is 5.66 Å². The van der Waals surface area contributed by atoms with E-state index in [1.807, 2.05) is 12.1 Å². The van der Waals surface area contributed by atoms with E-state index in [1.165, 1.54) is 7.05 Å². The Hall–Kier alpha value is -2.56. The Balaban J connectivity index is 2.72. The molecule has 2 rings (SSSR count). The van der Waals surface area contributed by atoms with Gasteiger partial charge in [0, 0.05) is 7.05 Å². The average Bonchev–Trinajstić information content (AvgIpc) is 2.46. The molecular formula is C14H13N3O2. The van der Waals surface area contributed by atoms with E-state index in [0.717, 1.165) is 0 Å². The van der Waals surface area contributed by atoms with Crippen LogP contribution in [0.4, 0.5) is 0 Å². The van der Waals surface area contributed by atoms with Crippen molar-refractivity contribution >= 4 is 0 Å². The summed E-state index contributed by atoms with van der Waals surface area (Å²) in [6.07, 6.45) is 0. The van der Waals surface area contributed by atoms with E-state index in [0.29, 0.717) is 11.1 Å². The molecule has 0 bridgehead atoms. The van der Waals surface area contributed by atoms with Crippen molar-refractivity contribution < 1.29 is 4.92 Å². The molecule has 0 radical (unpaired) electrons. The first kappa shape index (κ1) is 12.9. The SMILES string of the molecule is CN=NC(c1ccccc1)(c1ccccc1)[N+](=O)[O-]. The van der Waals surface area contributed by atoms with Gasteiger partial charge in [0.05, 0.1) is 16.1 Å². The molecule has 0 fully saturated rings. The lowest BCUT2D eigenvalue weighted by Crippen LogP contribution is -2.34. The Labute approximate surface area is 110 Å². The Morgan fingerprint density at radius 2 is 1.37 bits per heavy atom. The third-order valence-electron chi connectivity index (χ3n) is 2.86. The van der Waals surface area contributed by atoms with Crippen molar-refractivity contribution in [2.24, 2.45) is 10.2 Å². The van der Waals surface area contributed by atoms with Crippen LogP contribution in [-0.4, -0.2) is 12.0 Å². The predicted molar refractivity (Wildman–Crippen MR) is 71.4 cm³/mol. The number of rotatable bonds is 4. The van der Waals surface area contributed by atoms with Crippen LogP contribution in [-0.2, 0) is 5.66 Å². The third-order valence-corrected chi connectivity index (χ3v) is 2.86. The molecule has 5 nitrogen and oxygen atoms in total. The Kier molecular flexibility index (Phi) is 3.66. The standard InChI is InChI=1S/C14H13N3O2/c1-15-16-14(17(18)19,12-8-4-2-5-9-12)13-10-6-3-7-11-13/h2-11H,1H3. The van der Waals surface area contributed by atoms with E-state index in [9.17, 15) is 10.1 Å². The fourth-order valence-electron chi connectivity index (χ4n) is 2.02.